The number of carbonyl (C=O) groups excluding carboxylic acids is 1. The zero-order chi connectivity index (χ0) is 33.0. The molecule has 1 saturated heterocycles. The minimum Gasteiger partial charge on any atom is -0.351 e. The van der Waals surface area contributed by atoms with Gasteiger partial charge in [-0.15, -0.1) is 0 Å². The number of rotatable bonds is 9. The van der Waals surface area contributed by atoms with E-state index in [2.05, 4.69) is 36.1 Å². The van der Waals surface area contributed by atoms with E-state index in [1.165, 1.54) is 0 Å². The van der Waals surface area contributed by atoms with Crippen LogP contribution in [0.3, 0.4) is 0 Å². The van der Waals surface area contributed by atoms with Crippen molar-refractivity contribution in [1.29, 1.82) is 5.26 Å². The van der Waals surface area contributed by atoms with Gasteiger partial charge in [0, 0.05) is 84.5 Å². The van der Waals surface area contributed by atoms with Crippen molar-refractivity contribution in [1.82, 2.24) is 30.0 Å². The van der Waals surface area contributed by atoms with E-state index in [4.69, 9.17) is 4.98 Å². The third-order valence-electron chi connectivity index (χ3n) is 8.39. The summed E-state index contributed by atoms with van der Waals surface area (Å²) in [4.78, 5) is 31.3. The van der Waals surface area contributed by atoms with Gasteiger partial charge in [-0.1, -0.05) is 30.3 Å². The number of nitrogens with zero attached hydrogens (tertiary/aromatic N) is 9. The maximum Gasteiger partial charge on any atom is 0.323 e. The monoisotopic (exact) mass is 653 g/mol. The third kappa shape index (κ3) is 7.86. The van der Waals surface area contributed by atoms with Crippen molar-refractivity contribution >= 4 is 33.3 Å². The van der Waals surface area contributed by atoms with E-state index in [9.17, 15) is 14.3 Å². The van der Waals surface area contributed by atoms with Crippen molar-refractivity contribution < 1.29 is 9.00 Å². The van der Waals surface area contributed by atoms with Crippen LogP contribution < -0.4 is 20.4 Å². The van der Waals surface area contributed by atoms with Gasteiger partial charge in [-0.2, -0.15) is 15.3 Å². The SMILES string of the molecule is Cn1cc(-c2ccc(N(C(=O)NCc3ccccc3)[C@H]3CC[C@H](Nc4ncc(C#N)c(N5CC(N=S(C)(C)=O)C5)n4)CC3)nc2)cn1. The second-order valence-corrected chi connectivity index (χ2v) is 14.9. The Hall–Kier alpha value is -5.03. The molecular weight excluding hydrogens is 615 g/mol. The number of amides is 2. The highest BCUT2D eigenvalue weighted by Gasteiger charge is 2.33. The molecule has 6 rings (SSSR count). The average Bonchev–Trinajstić information content (AvgIpc) is 3.49. The molecular formula is C33H39N11O2S. The van der Waals surface area contributed by atoms with Crippen LogP contribution in [0.4, 0.5) is 22.4 Å². The van der Waals surface area contributed by atoms with Crippen LogP contribution in [0, 0.1) is 11.3 Å². The molecule has 47 heavy (non-hydrogen) atoms. The first-order valence-electron chi connectivity index (χ1n) is 15.7. The predicted molar refractivity (Wildman–Crippen MR) is 182 cm³/mol. The molecule has 14 heteroatoms. The number of aryl methyl sites for hydroxylation is 1. The lowest BCUT2D eigenvalue weighted by Gasteiger charge is -2.38. The van der Waals surface area contributed by atoms with Gasteiger partial charge in [0.15, 0.2) is 5.82 Å². The highest BCUT2D eigenvalue weighted by molar-refractivity contribution is 7.92. The Morgan fingerprint density at radius 3 is 2.45 bits per heavy atom. The van der Waals surface area contributed by atoms with Crippen molar-refractivity contribution in [3.8, 4) is 17.2 Å². The van der Waals surface area contributed by atoms with Gasteiger partial charge in [-0.3, -0.25) is 13.8 Å². The van der Waals surface area contributed by atoms with Gasteiger partial charge in [0.25, 0.3) is 0 Å². The highest BCUT2D eigenvalue weighted by atomic mass is 32.2. The summed E-state index contributed by atoms with van der Waals surface area (Å²) >= 11 is 0. The number of carbonyl (C=O) groups is 1. The first kappa shape index (κ1) is 31.9. The van der Waals surface area contributed by atoms with Crippen LogP contribution in [0.15, 0.2) is 71.6 Å². The Morgan fingerprint density at radius 1 is 1.04 bits per heavy atom. The van der Waals surface area contributed by atoms with Crippen molar-refractivity contribution in [3.63, 3.8) is 0 Å². The molecule has 3 aromatic heterocycles. The summed E-state index contributed by atoms with van der Waals surface area (Å²) in [7, 11) is -0.319. The Morgan fingerprint density at radius 2 is 1.81 bits per heavy atom. The lowest BCUT2D eigenvalue weighted by Crippen LogP contribution is -2.51. The molecule has 1 aliphatic heterocycles. The van der Waals surface area contributed by atoms with Crippen LogP contribution in [-0.4, -0.2) is 78.7 Å². The summed E-state index contributed by atoms with van der Waals surface area (Å²) in [5, 5.41) is 20.5. The van der Waals surface area contributed by atoms with Gasteiger partial charge in [0.1, 0.15) is 17.5 Å². The number of urea groups is 1. The lowest BCUT2D eigenvalue weighted by atomic mass is 9.90. The summed E-state index contributed by atoms with van der Waals surface area (Å²) in [6.45, 7) is 1.55. The zero-order valence-corrected chi connectivity index (χ0v) is 27.6. The number of pyridine rings is 1. The quantitative estimate of drug-likeness (QED) is 0.270. The van der Waals surface area contributed by atoms with Crippen LogP contribution in [-0.2, 0) is 23.3 Å². The summed E-state index contributed by atoms with van der Waals surface area (Å²) < 4.78 is 18.2. The number of nitriles is 1. The molecule has 244 valence electrons. The van der Waals surface area contributed by atoms with Gasteiger partial charge >= 0.3 is 6.03 Å². The smallest absolute Gasteiger partial charge is 0.323 e. The van der Waals surface area contributed by atoms with Crippen molar-refractivity contribution in [2.45, 2.75) is 50.4 Å². The molecule has 13 nitrogen and oxygen atoms in total. The summed E-state index contributed by atoms with van der Waals surface area (Å²) in [5.74, 6) is 1.62. The topological polar surface area (TPSA) is 157 Å². The maximum atomic E-state index is 13.7. The lowest BCUT2D eigenvalue weighted by molar-refractivity contribution is 0.240. The molecule has 2 aliphatic rings. The minimum absolute atomic E-state index is 0.0421. The number of hydrogen-bond acceptors (Lipinski definition) is 10. The number of nitrogens with one attached hydrogen (secondary N) is 2. The molecule has 0 radical (unpaired) electrons. The van der Waals surface area contributed by atoms with Gasteiger partial charge in [-0.25, -0.2) is 19.1 Å². The third-order valence-corrected chi connectivity index (χ3v) is 9.19. The van der Waals surface area contributed by atoms with Crippen LogP contribution in [0.25, 0.3) is 11.1 Å². The zero-order valence-electron chi connectivity index (χ0n) is 26.8. The van der Waals surface area contributed by atoms with Gasteiger partial charge in [-0.05, 0) is 43.4 Å². The first-order chi connectivity index (χ1) is 22.6. The molecule has 2 N–H and O–H groups in total. The normalized spacial score (nSPS) is 18.1. The van der Waals surface area contributed by atoms with E-state index < -0.39 is 9.73 Å². The van der Waals surface area contributed by atoms with Gasteiger partial charge in [0.05, 0.1) is 18.4 Å². The van der Waals surface area contributed by atoms with E-state index in [-0.39, 0.29) is 24.2 Å². The van der Waals surface area contributed by atoms with E-state index in [0.717, 1.165) is 42.4 Å². The van der Waals surface area contributed by atoms with Gasteiger partial charge in [0.2, 0.25) is 5.95 Å². The number of aromatic nitrogens is 5. The summed E-state index contributed by atoms with van der Waals surface area (Å²) in [6, 6.07) is 15.7. The van der Waals surface area contributed by atoms with Crippen molar-refractivity contribution in [2.24, 2.45) is 11.4 Å². The summed E-state index contributed by atoms with van der Waals surface area (Å²) in [5.41, 5.74) is 3.31. The largest absolute Gasteiger partial charge is 0.351 e. The van der Waals surface area contributed by atoms with Crippen LogP contribution in [0.5, 0.6) is 0 Å². The van der Waals surface area contributed by atoms with Crippen molar-refractivity contribution in [3.05, 3.63) is 78.4 Å². The predicted octanol–water partition coefficient (Wildman–Crippen LogP) is 4.20. The van der Waals surface area contributed by atoms with Crippen LogP contribution in [0.2, 0.25) is 0 Å². The molecule has 4 aromatic rings. The molecule has 4 heterocycles. The van der Waals surface area contributed by atoms with Gasteiger partial charge < -0.3 is 15.5 Å². The molecule has 1 aromatic carbocycles. The number of anilines is 3. The Kier molecular flexibility index (Phi) is 9.35. The second-order valence-electron chi connectivity index (χ2n) is 12.4. The fourth-order valence-corrected chi connectivity index (χ4v) is 6.91. The molecule has 2 amide bonds. The van der Waals surface area contributed by atoms with Crippen LogP contribution >= 0.6 is 0 Å². The molecule has 0 bridgehead atoms. The fourth-order valence-electron chi connectivity index (χ4n) is 6.06. The standard InChI is InChI=1S/C33H39N11O2S/c1-42-20-26(19-38-42)24-9-14-30(35-17-24)44(33(45)37-16-23-7-5-4-6-8-23)29-12-10-27(11-13-29)39-32-36-18-25(15-34)31(40-32)43-21-28(22-43)41-47(2,3)46/h4-9,14,17-20,27-29H,10-13,16,21-22H2,1-3H3,(H,37,45)(H,36,39,40)/t27-,29-. The number of hydrogen-bond donors (Lipinski definition) is 2. The molecule has 1 saturated carbocycles. The Labute approximate surface area is 275 Å². The summed E-state index contributed by atoms with van der Waals surface area (Å²) in [6.07, 6.45) is 13.4. The number of benzene rings is 1. The molecule has 0 spiro atoms. The fraction of sp³-hybridized carbons (Fsp3) is 0.394. The highest BCUT2D eigenvalue weighted by Crippen LogP contribution is 2.31. The van der Waals surface area contributed by atoms with E-state index in [1.807, 2.05) is 60.6 Å². The molecule has 2 fully saturated rings. The van der Waals surface area contributed by atoms with Crippen molar-refractivity contribution in [2.75, 3.05) is 40.7 Å². The second kappa shape index (κ2) is 13.8. The van der Waals surface area contributed by atoms with E-state index in [1.54, 1.807) is 40.7 Å². The van der Waals surface area contributed by atoms with E-state index in [0.29, 0.717) is 42.8 Å². The van der Waals surface area contributed by atoms with E-state index >= 15 is 0 Å². The minimum atomic E-state index is -2.19. The average molecular weight is 654 g/mol. The molecule has 0 unspecified atom stereocenters. The molecule has 1 aliphatic carbocycles. The Balaban J connectivity index is 1.13. The Bertz CT molecular complexity index is 1860. The molecule has 0 atom stereocenters. The maximum absolute atomic E-state index is 13.7. The first-order valence-corrected chi connectivity index (χ1v) is 18.0. The van der Waals surface area contributed by atoms with Crippen LogP contribution in [0.1, 0.15) is 36.8 Å².